The van der Waals surface area contributed by atoms with Gasteiger partial charge >= 0.3 is 0 Å². The van der Waals surface area contributed by atoms with Crippen molar-refractivity contribution >= 4 is 5.91 Å². The van der Waals surface area contributed by atoms with E-state index in [1.807, 2.05) is 0 Å². The highest BCUT2D eigenvalue weighted by atomic mass is 16.3. The fourth-order valence-electron chi connectivity index (χ4n) is 1.56. The molecule has 0 bridgehead atoms. The van der Waals surface area contributed by atoms with Gasteiger partial charge in [0.05, 0.1) is 5.56 Å². The smallest absolute Gasteiger partial charge is 0.257 e. The Hall–Kier alpha value is -1.71. The molecular formula is C13H19NO3. The predicted molar refractivity (Wildman–Crippen MR) is 66.4 cm³/mol. The van der Waals surface area contributed by atoms with Gasteiger partial charge in [-0.05, 0) is 25.0 Å². The monoisotopic (exact) mass is 237 g/mol. The van der Waals surface area contributed by atoms with Gasteiger partial charge in [0.25, 0.3) is 5.91 Å². The molecule has 0 atom stereocenters. The lowest BCUT2D eigenvalue weighted by atomic mass is 10.1. The second-order valence-corrected chi connectivity index (χ2v) is 4.24. The molecule has 0 aromatic heterocycles. The minimum absolute atomic E-state index is 0.00439. The van der Waals surface area contributed by atoms with E-state index in [0.717, 1.165) is 12.8 Å². The van der Waals surface area contributed by atoms with E-state index < -0.39 is 0 Å². The van der Waals surface area contributed by atoms with Crippen molar-refractivity contribution in [1.82, 2.24) is 4.90 Å². The van der Waals surface area contributed by atoms with Crippen LogP contribution in [0.4, 0.5) is 0 Å². The minimum atomic E-state index is -0.223. The molecule has 0 saturated carbocycles. The first kappa shape index (κ1) is 13.4. The standard InChI is InChI=1S/C13H19NO3/c1-4-5-6-14(3)13(17)10-7-9(2)11(15)8-12(10)16/h7-8,15-16H,4-6H2,1-3H3. The molecule has 4 nitrogen and oxygen atoms in total. The highest BCUT2D eigenvalue weighted by molar-refractivity contribution is 5.97. The number of hydrogen-bond acceptors (Lipinski definition) is 3. The van der Waals surface area contributed by atoms with Crippen molar-refractivity contribution in [3.63, 3.8) is 0 Å². The van der Waals surface area contributed by atoms with E-state index >= 15 is 0 Å². The summed E-state index contributed by atoms with van der Waals surface area (Å²) in [5.74, 6) is -0.407. The molecule has 0 aliphatic heterocycles. The molecule has 4 heteroatoms. The molecule has 0 unspecified atom stereocenters. The first-order valence-corrected chi connectivity index (χ1v) is 5.75. The highest BCUT2D eigenvalue weighted by Gasteiger charge is 2.17. The first-order valence-electron chi connectivity index (χ1n) is 5.75. The Morgan fingerprint density at radius 2 is 1.94 bits per heavy atom. The summed E-state index contributed by atoms with van der Waals surface area (Å²) in [6.45, 7) is 4.41. The van der Waals surface area contributed by atoms with Crippen LogP contribution in [0.1, 0.15) is 35.7 Å². The molecule has 0 aliphatic rings. The minimum Gasteiger partial charge on any atom is -0.508 e. The van der Waals surface area contributed by atoms with Crippen LogP contribution < -0.4 is 0 Å². The molecule has 1 aromatic rings. The van der Waals surface area contributed by atoms with Crippen LogP contribution in [0.2, 0.25) is 0 Å². The Kier molecular flexibility index (Phi) is 4.37. The van der Waals surface area contributed by atoms with Gasteiger partial charge in [-0.3, -0.25) is 4.79 Å². The summed E-state index contributed by atoms with van der Waals surface area (Å²) in [5, 5.41) is 19.1. The van der Waals surface area contributed by atoms with Gasteiger partial charge in [0.2, 0.25) is 0 Å². The Morgan fingerprint density at radius 3 is 2.53 bits per heavy atom. The van der Waals surface area contributed by atoms with Crippen LogP contribution in [-0.4, -0.2) is 34.6 Å². The maximum Gasteiger partial charge on any atom is 0.257 e. The van der Waals surface area contributed by atoms with Gasteiger partial charge in [-0.2, -0.15) is 0 Å². The lowest BCUT2D eigenvalue weighted by Gasteiger charge is -2.17. The molecule has 17 heavy (non-hydrogen) atoms. The van der Waals surface area contributed by atoms with Crippen LogP contribution in [0.25, 0.3) is 0 Å². The molecule has 1 aromatic carbocycles. The Bertz CT molecular complexity index is 415. The van der Waals surface area contributed by atoms with Crippen LogP contribution in [-0.2, 0) is 0 Å². The fourth-order valence-corrected chi connectivity index (χ4v) is 1.56. The zero-order valence-electron chi connectivity index (χ0n) is 10.5. The van der Waals surface area contributed by atoms with E-state index in [2.05, 4.69) is 6.92 Å². The lowest BCUT2D eigenvalue weighted by molar-refractivity contribution is 0.0790. The van der Waals surface area contributed by atoms with Gasteiger partial charge in [-0.1, -0.05) is 13.3 Å². The molecule has 2 N–H and O–H groups in total. The average molecular weight is 237 g/mol. The first-order chi connectivity index (χ1) is 7.97. The van der Waals surface area contributed by atoms with Gasteiger partial charge in [-0.25, -0.2) is 0 Å². The number of phenolic OH excluding ortho intramolecular Hbond substituents is 2. The normalized spacial score (nSPS) is 10.3. The molecule has 0 saturated heterocycles. The third-order valence-electron chi connectivity index (χ3n) is 2.74. The van der Waals surface area contributed by atoms with Gasteiger partial charge < -0.3 is 15.1 Å². The molecule has 0 spiro atoms. The number of unbranched alkanes of at least 4 members (excludes halogenated alkanes) is 1. The van der Waals surface area contributed by atoms with Gasteiger partial charge in [0.1, 0.15) is 11.5 Å². The summed E-state index contributed by atoms with van der Waals surface area (Å²) in [6.07, 6.45) is 1.94. The predicted octanol–water partition coefficient (Wildman–Crippen LogP) is 2.28. The second kappa shape index (κ2) is 5.57. The van der Waals surface area contributed by atoms with Crippen LogP contribution in [0, 0.1) is 6.92 Å². The Labute approximate surface area is 101 Å². The molecular weight excluding hydrogens is 218 g/mol. The van der Waals surface area contributed by atoms with E-state index in [4.69, 9.17) is 0 Å². The van der Waals surface area contributed by atoms with Crippen LogP contribution in [0.5, 0.6) is 11.5 Å². The quantitative estimate of drug-likeness (QED) is 0.844. The van der Waals surface area contributed by atoms with Crippen molar-refractivity contribution in [2.45, 2.75) is 26.7 Å². The van der Waals surface area contributed by atoms with E-state index in [1.165, 1.54) is 12.1 Å². The zero-order valence-corrected chi connectivity index (χ0v) is 10.5. The van der Waals surface area contributed by atoms with Crippen molar-refractivity contribution in [2.75, 3.05) is 13.6 Å². The van der Waals surface area contributed by atoms with Crippen molar-refractivity contribution in [2.24, 2.45) is 0 Å². The number of hydrogen-bond donors (Lipinski definition) is 2. The summed E-state index contributed by atoms with van der Waals surface area (Å²) in [6, 6.07) is 2.71. The molecule has 94 valence electrons. The summed E-state index contributed by atoms with van der Waals surface area (Å²) in [5.41, 5.74) is 0.814. The van der Waals surface area contributed by atoms with Crippen LogP contribution in [0.15, 0.2) is 12.1 Å². The summed E-state index contributed by atoms with van der Waals surface area (Å²) >= 11 is 0. The van der Waals surface area contributed by atoms with Gasteiger partial charge in [0.15, 0.2) is 0 Å². The Morgan fingerprint density at radius 1 is 1.29 bits per heavy atom. The molecule has 0 radical (unpaired) electrons. The maximum absolute atomic E-state index is 12.0. The van der Waals surface area contributed by atoms with Gasteiger partial charge in [-0.15, -0.1) is 0 Å². The molecule has 1 rings (SSSR count). The number of phenols is 2. The van der Waals surface area contributed by atoms with Crippen molar-refractivity contribution in [1.29, 1.82) is 0 Å². The number of amides is 1. The number of carbonyl (C=O) groups excluding carboxylic acids is 1. The van der Waals surface area contributed by atoms with Crippen molar-refractivity contribution in [3.05, 3.63) is 23.3 Å². The van der Waals surface area contributed by atoms with E-state index in [-0.39, 0.29) is 23.0 Å². The molecule has 0 fully saturated rings. The number of carbonyl (C=O) groups is 1. The summed E-state index contributed by atoms with van der Waals surface area (Å²) < 4.78 is 0. The third-order valence-corrected chi connectivity index (χ3v) is 2.74. The number of aromatic hydroxyl groups is 2. The average Bonchev–Trinajstić information content (AvgIpc) is 2.29. The second-order valence-electron chi connectivity index (χ2n) is 4.24. The largest absolute Gasteiger partial charge is 0.508 e. The van der Waals surface area contributed by atoms with E-state index in [9.17, 15) is 15.0 Å². The molecule has 0 aliphatic carbocycles. The summed E-state index contributed by atoms with van der Waals surface area (Å²) in [7, 11) is 1.71. The number of benzene rings is 1. The zero-order chi connectivity index (χ0) is 13.0. The summed E-state index contributed by atoms with van der Waals surface area (Å²) in [4.78, 5) is 13.6. The third kappa shape index (κ3) is 3.12. The fraction of sp³-hybridized carbons (Fsp3) is 0.462. The topological polar surface area (TPSA) is 60.8 Å². The molecule has 1 amide bonds. The lowest BCUT2D eigenvalue weighted by Crippen LogP contribution is -2.27. The SMILES string of the molecule is CCCCN(C)C(=O)c1cc(C)c(O)cc1O. The van der Waals surface area contributed by atoms with E-state index in [1.54, 1.807) is 18.9 Å². The number of nitrogens with zero attached hydrogens (tertiary/aromatic N) is 1. The number of rotatable bonds is 4. The van der Waals surface area contributed by atoms with Crippen LogP contribution >= 0.6 is 0 Å². The van der Waals surface area contributed by atoms with Crippen molar-refractivity contribution in [3.8, 4) is 11.5 Å². The molecule has 0 heterocycles. The highest BCUT2D eigenvalue weighted by Crippen LogP contribution is 2.27. The van der Waals surface area contributed by atoms with Gasteiger partial charge in [0, 0.05) is 19.7 Å². The number of aryl methyl sites for hydroxylation is 1. The van der Waals surface area contributed by atoms with E-state index in [0.29, 0.717) is 12.1 Å². The van der Waals surface area contributed by atoms with Crippen molar-refractivity contribution < 1.29 is 15.0 Å². The maximum atomic E-state index is 12.0. The Balaban J connectivity index is 2.92. The van der Waals surface area contributed by atoms with Crippen LogP contribution in [0.3, 0.4) is 0 Å².